The lowest BCUT2D eigenvalue weighted by atomic mass is 10.2. The number of rotatable bonds is 9. The summed E-state index contributed by atoms with van der Waals surface area (Å²) in [6, 6.07) is 18.7. The Hall–Kier alpha value is -3.38. The third kappa shape index (κ3) is 6.84. The van der Waals surface area contributed by atoms with Crippen LogP contribution < -0.4 is 10.1 Å². The predicted molar refractivity (Wildman–Crippen MR) is 159 cm³/mol. The Labute approximate surface area is 243 Å². The van der Waals surface area contributed by atoms with Gasteiger partial charge in [0.15, 0.2) is 5.17 Å². The average molecular weight is 601 g/mol. The first-order chi connectivity index (χ1) is 19.0. The van der Waals surface area contributed by atoms with Crippen molar-refractivity contribution >= 4 is 61.7 Å². The number of ether oxygens (including phenoxy) is 1. The van der Waals surface area contributed by atoms with Crippen LogP contribution in [0.4, 0.5) is 11.4 Å². The SMILES string of the molecule is COc1ccc(CN2C(=O)[C@H](CC(=O)Nc3ccc(C)c(Cl)c3)SC2=Nc2cccc(S(=O)(=O)N(C)C)c2)cc1. The van der Waals surface area contributed by atoms with Gasteiger partial charge >= 0.3 is 0 Å². The van der Waals surface area contributed by atoms with Crippen LogP contribution in [-0.4, -0.2) is 61.1 Å². The number of anilines is 1. The third-order valence-electron chi connectivity index (χ3n) is 6.17. The minimum Gasteiger partial charge on any atom is -0.497 e. The molecule has 0 radical (unpaired) electrons. The molecule has 0 aromatic heterocycles. The number of aryl methyl sites for hydroxylation is 1. The van der Waals surface area contributed by atoms with Gasteiger partial charge in [-0.25, -0.2) is 17.7 Å². The van der Waals surface area contributed by atoms with Crippen LogP contribution in [0.3, 0.4) is 0 Å². The number of benzene rings is 3. The first-order valence-electron chi connectivity index (χ1n) is 12.3. The molecule has 1 aliphatic heterocycles. The van der Waals surface area contributed by atoms with Crippen LogP contribution in [0.1, 0.15) is 17.5 Å². The molecule has 3 aromatic rings. The normalized spacial score (nSPS) is 16.6. The van der Waals surface area contributed by atoms with Crippen LogP contribution in [0.2, 0.25) is 5.02 Å². The molecule has 1 heterocycles. The first-order valence-corrected chi connectivity index (χ1v) is 15.0. The zero-order valence-corrected chi connectivity index (χ0v) is 24.8. The molecule has 0 saturated carbocycles. The molecule has 3 aromatic carbocycles. The zero-order valence-electron chi connectivity index (χ0n) is 22.4. The van der Waals surface area contributed by atoms with Gasteiger partial charge in [0.2, 0.25) is 21.8 Å². The zero-order chi connectivity index (χ0) is 29.0. The van der Waals surface area contributed by atoms with Gasteiger partial charge in [-0.1, -0.05) is 47.6 Å². The molecule has 1 aliphatic rings. The predicted octanol–water partition coefficient (Wildman–Crippen LogP) is 5.07. The van der Waals surface area contributed by atoms with Crippen molar-refractivity contribution in [3.63, 3.8) is 0 Å². The van der Waals surface area contributed by atoms with Gasteiger partial charge in [-0.3, -0.25) is 14.5 Å². The summed E-state index contributed by atoms with van der Waals surface area (Å²) in [5.41, 5.74) is 2.64. The van der Waals surface area contributed by atoms with E-state index in [1.165, 1.54) is 42.9 Å². The van der Waals surface area contributed by atoms with Crippen LogP contribution in [0.15, 0.2) is 76.6 Å². The Morgan fingerprint density at radius 1 is 1.12 bits per heavy atom. The van der Waals surface area contributed by atoms with Gasteiger partial charge in [0.1, 0.15) is 11.0 Å². The third-order valence-corrected chi connectivity index (χ3v) is 9.56. The Balaban J connectivity index is 1.61. The van der Waals surface area contributed by atoms with E-state index in [9.17, 15) is 18.0 Å². The number of amides is 2. The lowest BCUT2D eigenvalue weighted by molar-refractivity contribution is -0.128. The number of sulfonamides is 1. The second kappa shape index (κ2) is 12.4. The maximum atomic E-state index is 13.5. The van der Waals surface area contributed by atoms with E-state index in [-0.39, 0.29) is 29.7 Å². The van der Waals surface area contributed by atoms with Crippen molar-refractivity contribution in [3.05, 3.63) is 82.9 Å². The van der Waals surface area contributed by atoms with Crippen LogP contribution in [0.25, 0.3) is 0 Å². The van der Waals surface area contributed by atoms with E-state index in [0.29, 0.717) is 27.3 Å². The van der Waals surface area contributed by atoms with Crippen molar-refractivity contribution in [1.82, 2.24) is 9.21 Å². The molecule has 1 fully saturated rings. The smallest absolute Gasteiger partial charge is 0.242 e. The number of hydrogen-bond donors (Lipinski definition) is 1. The Kier molecular flexibility index (Phi) is 9.19. The van der Waals surface area contributed by atoms with Crippen molar-refractivity contribution < 1.29 is 22.7 Å². The summed E-state index contributed by atoms with van der Waals surface area (Å²) in [5.74, 6) is 0.0775. The van der Waals surface area contributed by atoms with Crippen molar-refractivity contribution in [2.75, 3.05) is 26.5 Å². The number of amidine groups is 1. The average Bonchev–Trinajstić information content (AvgIpc) is 3.19. The molecule has 0 aliphatic carbocycles. The van der Waals surface area contributed by atoms with Gasteiger partial charge < -0.3 is 10.1 Å². The van der Waals surface area contributed by atoms with Gasteiger partial charge in [0, 0.05) is 31.2 Å². The maximum Gasteiger partial charge on any atom is 0.242 e. The molecule has 1 atom stereocenters. The molecular formula is C28H29ClN4O5S2. The molecule has 40 heavy (non-hydrogen) atoms. The van der Waals surface area contributed by atoms with E-state index in [0.717, 1.165) is 15.4 Å². The van der Waals surface area contributed by atoms with E-state index in [1.54, 1.807) is 49.6 Å². The Morgan fingerprint density at radius 2 is 1.85 bits per heavy atom. The van der Waals surface area contributed by atoms with Gasteiger partial charge in [-0.2, -0.15) is 0 Å². The van der Waals surface area contributed by atoms with Crippen LogP contribution in [-0.2, 0) is 26.2 Å². The van der Waals surface area contributed by atoms with E-state index in [1.807, 2.05) is 19.1 Å². The fourth-order valence-corrected chi connectivity index (χ4v) is 6.15. The lowest BCUT2D eigenvalue weighted by Crippen LogP contribution is -2.33. The second-order valence-corrected chi connectivity index (χ2v) is 13.0. The first kappa shape index (κ1) is 29.6. The standard InChI is InChI=1S/C28H29ClN4O5S2/c1-18-8-11-21(15-24(18)29)30-26(34)16-25-27(35)33(17-19-9-12-22(38-4)13-10-19)28(39-25)31-20-6-5-7-23(14-20)40(36,37)32(2)3/h5-15,25H,16-17H2,1-4H3,(H,30,34)/t25-/m0/s1. The van der Waals surface area contributed by atoms with Crippen LogP contribution in [0.5, 0.6) is 5.75 Å². The summed E-state index contributed by atoms with van der Waals surface area (Å²) in [7, 11) is 0.811. The summed E-state index contributed by atoms with van der Waals surface area (Å²) in [4.78, 5) is 32.6. The molecular weight excluding hydrogens is 572 g/mol. The number of halogens is 1. The fraction of sp³-hybridized carbons (Fsp3) is 0.250. The minimum atomic E-state index is -3.67. The number of aliphatic imine (C=N–C) groups is 1. The van der Waals surface area contributed by atoms with E-state index < -0.39 is 15.3 Å². The van der Waals surface area contributed by atoms with E-state index in [2.05, 4.69) is 10.3 Å². The highest BCUT2D eigenvalue weighted by molar-refractivity contribution is 8.15. The molecule has 9 nitrogen and oxygen atoms in total. The molecule has 12 heteroatoms. The fourth-order valence-electron chi connectivity index (χ4n) is 3.87. The monoisotopic (exact) mass is 600 g/mol. The van der Waals surface area contributed by atoms with Gasteiger partial charge in [0.05, 0.1) is 24.2 Å². The summed E-state index contributed by atoms with van der Waals surface area (Å²) < 4.78 is 31.6. The highest BCUT2D eigenvalue weighted by Gasteiger charge is 2.39. The molecule has 1 N–H and O–H groups in total. The molecule has 2 amide bonds. The second-order valence-electron chi connectivity index (χ2n) is 9.27. The highest BCUT2D eigenvalue weighted by Crippen LogP contribution is 2.34. The summed E-state index contributed by atoms with van der Waals surface area (Å²) in [5, 5.41) is 2.99. The Bertz CT molecular complexity index is 1560. The minimum absolute atomic E-state index is 0.0812. The lowest BCUT2D eigenvalue weighted by Gasteiger charge is -2.17. The number of carbonyl (C=O) groups excluding carboxylic acids is 2. The topological polar surface area (TPSA) is 108 Å². The largest absolute Gasteiger partial charge is 0.497 e. The summed E-state index contributed by atoms with van der Waals surface area (Å²) in [6.07, 6.45) is -0.0812. The van der Waals surface area contributed by atoms with Crippen molar-refractivity contribution in [2.45, 2.75) is 30.0 Å². The molecule has 210 valence electrons. The number of carbonyl (C=O) groups is 2. The van der Waals surface area contributed by atoms with Gasteiger partial charge in [-0.05, 0) is 60.5 Å². The number of nitrogens with one attached hydrogen (secondary N) is 1. The van der Waals surface area contributed by atoms with Crippen molar-refractivity contribution in [1.29, 1.82) is 0 Å². The summed E-state index contributed by atoms with van der Waals surface area (Å²) >= 11 is 7.35. The van der Waals surface area contributed by atoms with Crippen LogP contribution in [0, 0.1) is 6.92 Å². The molecule has 1 saturated heterocycles. The van der Waals surface area contributed by atoms with Crippen LogP contribution >= 0.6 is 23.4 Å². The van der Waals surface area contributed by atoms with Crippen molar-refractivity contribution in [3.8, 4) is 5.75 Å². The molecule has 0 spiro atoms. The maximum absolute atomic E-state index is 13.5. The van der Waals surface area contributed by atoms with Gasteiger partial charge in [0.25, 0.3) is 0 Å². The molecule has 0 bridgehead atoms. The number of hydrogen-bond acceptors (Lipinski definition) is 7. The molecule has 0 unspecified atom stereocenters. The highest BCUT2D eigenvalue weighted by atomic mass is 35.5. The quantitative estimate of drug-likeness (QED) is 0.367. The number of nitrogens with zero attached hydrogens (tertiary/aromatic N) is 3. The molecule has 4 rings (SSSR count). The number of thioether (sulfide) groups is 1. The Morgan fingerprint density at radius 3 is 2.50 bits per heavy atom. The van der Waals surface area contributed by atoms with E-state index in [4.69, 9.17) is 16.3 Å². The number of methoxy groups -OCH3 is 1. The van der Waals surface area contributed by atoms with Crippen molar-refractivity contribution in [2.24, 2.45) is 4.99 Å². The summed E-state index contributed by atoms with van der Waals surface area (Å²) in [6.45, 7) is 2.09. The van der Waals surface area contributed by atoms with Gasteiger partial charge in [-0.15, -0.1) is 0 Å². The van der Waals surface area contributed by atoms with E-state index >= 15 is 0 Å².